The summed E-state index contributed by atoms with van der Waals surface area (Å²) in [7, 11) is -3.69. The number of nitro groups is 1. The van der Waals surface area contributed by atoms with E-state index in [0.717, 1.165) is 6.07 Å². The Morgan fingerprint density at radius 2 is 2.15 bits per heavy atom. The van der Waals surface area contributed by atoms with Crippen molar-refractivity contribution in [3.63, 3.8) is 0 Å². The normalized spacial score (nSPS) is 20.8. The van der Waals surface area contributed by atoms with E-state index < -0.39 is 14.9 Å². The number of rotatable bonds is 3. The number of piperazine rings is 1. The average Bonchev–Trinajstić information content (AvgIpc) is 2.38. The Balaban J connectivity index is 2.43. The number of nitrogens with zero attached hydrogens (tertiary/aromatic N) is 2. The Bertz CT molecular complexity index is 630. The third-order valence-electron chi connectivity index (χ3n) is 3.33. The molecule has 1 aromatic rings. The van der Waals surface area contributed by atoms with E-state index in [1.807, 2.05) is 6.92 Å². The Hall–Kier alpha value is -1.51. The smallest absolute Gasteiger partial charge is 0.270 e. The highest BCUT2D eigenvalue weighted by molar-refractivity contribution is 7.89. The highest BCUT2D eigenvalue weighted by Gasteiger charge is 2.30. The summed E-state index contributed by atoms with van der Waals surface area (Å²) in [6.45, 7) is 4.86. The second kappa shape index (κ2) is 5.47. The fraction of sp³-hybridized carbons (Fsp3) is 0.500. The molecule has 1 aromatic carbocycles. The highest BCUT2D eigenvalue weighted by atomic mass is 32.2. The third-order valence-corrected chi connectivity index (χ3v) is 5.34. The second-order valence-corrected chi connectivity index (χ2v) is 6.83. The van der Waals surface area contributed by atoms with Gasteiger partial charge in [-0.1, -0.05) is 6.07 Å². The van der Waals surface area contributed by atoms with E-state index in [1.54, 1.807) is 6.92 Å². The summed E-state index contributed by atoms with van der Waals surface area (Å²) in [6, 6.07) is 3.99. The van der Waals surface area contributed by atoms with Gasteiger partial charge in [-0.25, -0.2) is 8.42 Å². The zero-order valence-electron chi connectivity index (χ0n) is 11.4. The van der Waals surface area contributed by atoms with Crippen LogP contribution >= 0.6 is 0 Å². The van der Waals surface area contributed by atoms with E-state index in [1.165, 1.54) is 16.4 Å². The molecule has 1 aliphatic heterocycles. The van der Waals surface area contributed by atoms with Gasteiger partial charge in [-0.3, -0.25) is 10.1 Å². The molecule has 1 N–H and O–H groups in total. The van der Waals surface area contributed by atoms with E-state index in [-0.39, 0.29) is 16.6 Å². The van der Waals surface area contributed by atoms with E-state index in [2.05, 4.69) is 5.32 Å². The average molecular weight is 299 g/mol. The molecule has 0 aliphatic carbocycles. The molecule has 0 saturated carbocycles. The SMILES string of the molecule is Cc1ccc([N+](=O)[O-])cc1S(=O)(=O)N1CCN[C@H](C)C1. The van der Waals surface area contributed by atoms with Gasteiger partial charge >= 0.3 is 0 Å². The minimum atomic E-state index is -3.69. The van der Waals surface area contributed by atoms with E-state index in [4.69, 9.17) is 0 Å². The molecule has 0 bridgehead atoms. The molecule has 1 saturated heterocycles. The first-order valence-electron chi connectivity index (χ1n) is 6.31. The van der Waals surface area contributed by atoms with Crippen LogP contribution in [-0.2, 0) is 10.0 Å². The quantitative estimate of drug-likeness (QED) is 0.661. The molecule has 0 radical (unpaired) electrons. The van der Waals surface area contributed by atoms with Crippen LogP contribution < -0.4 is 5.32 Å². The van der Waals surface area contributed by atoms with Crippen LogP contribution in [0.1, 0.15) is 12.5 Å². The lowest BCUT2D eigenvalue weighted by Gasteiger charge is -2.31. The molecule has 8 heteroatoms. The highest BCUT2D eigenvalue weighted by Crippen LogP contribution is 2.25. The molecular formula is C12H17N3O4S. The van der Waals surface area contributed by atoms with Crippen molar-refractivity contribution in [2.75, 3.05) is 19.6 Å². The fourth-order valence-corrected chi connectivity index (χ4v) is 4.01. The molecule has 1 atom stereocenters. The van der Waals surface area contributed by atoms with Crippen molar-refractivity contribution in [1.29, 1.82) is 0 Å². The summed E-state index contributed by atoms with van der Waals surface area (Å²) >= 11 is 0. The first kappa shape index (κ1) is 14.9. The van der Waals surface area contributed by atoms with Crippen molar-refractivity contribution in [3.05, 3.63) is 33.9 Å². The van der Waals surface area contributed by atoms with Gasteiger partial charge in [-0.15, -0.1) is 0 Å². The van der Waals surface area contributed by atoms with Crippen molar-refractivity contribution in [2.45, 2.75) is 24.8 Å². The molecule has 1 heterocycles. The van der Waals surface area contributed by atoms with Crippen molar-refractivity contribution in [2.24, 2.45) is 0 Å². The van der Waals surface area contributed by atoms with Crippen molar-refractivity contribution in [1.82, 2.24) is 9.62 Å². The predicted octanol–water partition coefficient (Wildman–Crippen LogP) is 0.886. The Morgan fingerprint density at radius 1 is 1.45 bits per heavy atom. The molecule has 20 heavy (non-hydrogen) atoms. The zero-order chi connectivity index (χ0) is 14.9. The Labute approximate surface area is 117 Å². The summed E-state index contributed by atoms with van der Waals surface area (Å²) in [6.07, 6.45) is 0. The van der Waals surface area contributed by atoms with Crippen molar-refractivity contribution < 1.29 is 13.3 Å². The molecule has 0 aromatic heterocycles. The van der Waals surface area contributed by atoms with E-state index in [9.17, 15) is 18.5 Å². The fourth-order valence-electron chi connectivity index (χ4n) is 2.23. The van der Waals surface area contributed by atoms with Crippen LogP contribution in [0.2, 0.25) is 0 Å². The number of nitro benzene ring substituents is 1. The summed E-state index contributed by atoms with van der Waals surface area (Å²) in [4.78, 5) is 10.2. The minimum Gasteiger partial charge on any atom is -0.312 e. The third kappa shape index (κ3) is 2.82. The number of hydrogen-bond donors (Lipinski definition) is 1. The monoisotopic (exact) mass is 299 g/mol. The first-order valence-corrected chi connectivity index (χ1v) is 7.75. The van der Waals surface area contributed by atoms with Crippen LogP contribution in [0, 0.1) is 17.0 Å². The van der Waals surface area contributed by atoms with Gasteiger partial charge in [0.1, 0.15) is 0 Å². The van der Waals surface area contributed by atoms with Gasteiger partial charge in [0.25, 0.3) is 5.69 Å². The van der Waals surface area contributed by atoms with Crippen LogP contribution in [0.15, 0.2) is 23.1 Å². The standard InChI is InChI=1S/C12H17N3O4S/c1-9-3-4-11(15(16)17)7-12(9)20(18,19)14-6-5-13-10(2)8-14/h3-4,7,10,13H,5-6,8H2,1-2H3/t10-/m1/s1. The minimum absolute atomic E-state index is 0.0146. The number of benzene rings is 1. The van der Waals surface area contributed by atoms with Crippen molar-refractivity contribution >= 4 is 15.7 Å². The summed E-state index contributed by atoms with van der Waals surface area (Å²) in [5, 5.41) is 14.0. The van der Waals surface area contributed by atoms with Gasteiger partial charge in [0, 0.05) is 37.8 Å². The number of hydrogen-bond acceptors (Lipinski definition) is 5. The molecule has 0 amide bonds. The molecule has 0 unspecified atom stereocenters. The summed E-state index contributed by atoms with van der Waals surface area (Å²) in [5.41, 5.74) is 0.305. The summed E-state index contributed by atoms with van der Waals surface area (Å²) in [5.74, 6) is 0. The predicted molar refractivity (Wildman–Crippen MR) is 74.1 cm³/mol. The maximum atomic E-state index is 12.6. The number of aryl methyl sites for hydroxylation is 1. The van der Waals surface area contributed by atoms with Crippen LogP contribution in [0.5, 0.6) is 0 Å². The molecule has 7 nitrogen and oxygen atoms in total. The summed E-state index contributed by atoms with van der Waals surface area (Å²) < 4.78 is 26.6. The largest absolute Gasteiger partial charge is 0.312 e. The number of sulfonamides is 1. The van der Waals surface area contributed by atoms with Gasteiger partial charge in [0.15, 0.2) is 0 Å². The molecule has 110 valence electrons. The second-order valence-electron chi connectivity index (χ2n) is 4.93. The molecule has 0 spiro atoms. The number of non-ortho nitro benzene ring substituents is 1. The van der Waals surface area contributed by atoms with E-state index >= 15 is 0 Å². The molecule has 1 fully saturated rings. The van der Waals surface area contributed by atoms with Gasteiger partial charge < -0.3 is 5.32 Å². The van der Waals surface area contributed by atoms with E-state index in [0.29, 0.717) is 25.2 Å². The lowest BCUT2D eigenvalue weighted by atomic mass is 10.2. The lowest BCUT2D eigenvalue weighted by molar-refractivity contribution is -0.385. The Kier molecular flexibility index (Phi) is 4.07. The number of nitrogens with one attached hydrogen (secondary N) is 1. The van der Waals surface area contributed by atoms with Gasteiger partial charge in [0.2, 0.25) is 10.0 Å². The van der Waals surface area contributed by atoms with Crippen molar-refractivity contribution in [3.8, 4) is 0 Å². The molecule has 2 rings (SSSR count). The maximum Gasteiger partial charge on any atom is 0.270 e. The van der Waals surface area contributed by atoms with Crippen LogP contribution in [-0.4, -0.2) is 43.3 Å². The molecule has 1 aliphatic rings. The van der Waals surface area contributed by atoms with Crippen LogP contribution in [0.4, 0.5) is 5.69 Å². The Morgan fingerprint density at radius 3 is 2.75 bits per heavy atom. The zero-order valence-corrected chi connectivity index (χ0v) is 12.2. The lowest BCUT2D eigenvalue weighted by Crippen LogP contribution is -2.51. The van der Waals surface area contributed by atoms with Crippen LogP contribution in [0.25, 0.3) is 0 Å². The molecular weight excluding hydrogens is 282 g/mol. The van der Waals surface area contributed by atoms with Gasteiger partial charge in [-0.2, -0.15) is 4.31 Å². The van der Waals surface area contributed by atoms with Gasteiger partial charge in [0.05, 0.1) is 9.82 Å². The topological polar surface area (TPSA) is 92.5 Å². The first-order chi connectivity index (χ1) is 9.32. The maximum absolute atomic E-state index is 12.6. The van der Waals surface area contributed by atoms with Gasteiger partial charge in [-0.05, 0) is 19.4 Å². The van der Waals surface area contributed by atoms with Crippen LogP contribution in [0.3, 0.4) is 0 Å².